The molecule has 13 heteroatoms. The van der Waals surface area contributed by atoms with Gasteiger partial charge in [-0.3, -0.25) is 14.5 Å². The van der Waals surface area contributed by atoms with Crippen LogP contribution in [-0.2, 0) is 30.7 Å². The van der Waals surface area contributed by atoms with E-state index in [4.69, 9.17) is 31.3 Å². The molecule has 42 heavy (non-hydrogen) atoms. The highest BCUT2D eigenvalue weighted by atomic mass is 32.5. The molecule has 4 N–H and O–H groups in total. The zero-order chi connectivity index (χ0) is 30.7. The van der Waals surface area contributed by atoms with Crippen LogP contribution < -0.4 is 15.3 Å². The van der Waals surface area contributed by atoms with E-state index in [1.165, 1.54) is 33.1 Å². The molecule has 3 aliphatic rings. The molecule has 1 aromatic rings. The number of urea groups is 1. The summed E-state index contributed by atoms with van der Waals surface area (Å²) in [5.41, 5.74) is 1.44. The van der Waals surface area contributed by atoms with E-state index in [2.05, 4.69) is 5.09 Å². The Kier molecular flexibility index (Phi) is 10.3. The van der Waals surface area contributed by atoms with Gasteiger partial charge in [-0.25, -0.2) is 14.3 Å². The number of ketones is 2. The third-order valence-electron chi connectivity index (χ3n) is 8.47. The number of fused-ring (bicyclic) bond motifs is 1. The third-order valence-corrected chi connectivity index (χ3v) is 11.0. The molecule has 0 bridgehead atoms. The number of nitrogens with zero attached hydrogens (tertiary/aromatic N) is 1. The number of Topliss-reactive ketones (excluding diaryl/α,β-unsaturated/α-hetero) is 1. The van der Waals surface area contributed by atoms with Gasteiger partial charge in [0.2, 0.25) is 0 Å². The number of hydrogen-bond acceptors (Lipinski definition) is 8. The highest BCUT2D eigenvalue weighted by molar-refractivity contribution is 8.09. The van der Waals surface area contributed by atoms with Gasteiger partial charge >= 0.3 is 12.7 Å². The van der Waals surface area contributed by atoms with Gasteiger partial charge in [-0.1, -0.05) is 50.3 Å². The fraction of sp³-hybridized carbons (Fsp3) is 0.621. The number of alkyl halides is 1. The molecular formula is C29H41FN3O7PS. The van der Waals surface area contributed by atoms with Crippen LogP contribution in [0.3, 0.4) is 0 Å². The number of halogens is 1. The second-order valence-electron chi connectivity index (χ2n) is 11.6. The van der Waals surface area contributed by atoms with Crippen molar-refractivity contribution in [2.45, 2.75) is 95.4 Å². The lowest BCUT2D eigenvalue weighted by molar-refractivity contribution is -0.125. The fourth-order valence-electron chi connectivity index (χ4n) is 6.15. The molecule has 1 aromatic carbocycles. The number of carbonyl (C=O) groups is 3. The molecule has 1 saturated heterocycles. The number of hydrogen-bond donors (Lipinski definition) is 3. The summed E-state index contributed by atoms with van der Waals surface area (Å²) in [6.45, 7) is 0.456. The second-order valence-corrected chi connectivity index (χ2v) is 14.7. The molecule has 232 valence electrons. The lowest BCUT2D eigenvalue weighted by Crippen LogP contribution is -2.48. The van der Waals surface area contributed by atoms with Crippen molar-refractivity contribution in [2.75, 3.05) is 6.61 Å². The first-order chi connectivity index (χ1) is 19.8. The van der Waals surface area contributed by atoms with Gasteiger partial charge < -0.3 is 24.6 Å². The maximum Gasteiger partial charge on any atom is 0.321 e. The number of primary amides is 1. The number of carbonyl (C=O) groups excluding carboxylic acids is 3. The summed E-state index contributed by atoms with van der Waals surface area (Å²) in [5, 5.41) is 14.1. The average Bonchev–Trinajstić information content (AvgIpc) is 3.24. The Labute approximate surface area is 251 Å². The smallest absolute Gasteiger partial charge is 0.321 e. The van der Waals surface area contributed by atoms with E-state index in [9.17, 15) is 19.5 Å². The largest absolute Gasteiger partial charge is 0.433 e. The van der Waals surface area contributed by atoms with E-state index < -0.39 is 48.2 Å². The van der Waals surface area contributed by atoms with Crippen molar-refractivity contribution >= 4 is 36.0 Å². The van der Waals surface area contributed by atoms with Crippen molar-refractivity contribution in [3.8, 4) is 5.75 Å². The van der Waals surface area contributed by atoms with Crippen molar-refractivity contribution in [1.82, 2.24) is 9.99 Å². The van der Waals surface area contributed by atoms with Gasteiger partial charge in [0.05, 0.1) is 24.7 Å². The summed E-state index contributed by atoms with van der Waals surface area (Å²) in [6.07, 6.45) is 6.83. The second kappa shape index (κ2) is 13.2. The molecule has 0 aromatic heterocycles. The van der Waals surface area contributed by atoms with Crippen LogP contribution in [0.1, 0.15) is 65.7 Å². The number of ether oxygens (including phenoxy) is 1. The van der Waals surface area contributed by atoms with Crippen LogP contribution in [0.2, 0.25) is 0 Å². The van der Waals surface area contributed by atoms with Gasteiger partial charge in [-0.2, -0.15) is 0 Å². The Morgan fingerprint density at radius 1 is 1.29 bits per heavy atom. The fourth-order valence-corrected chi connectivity index (χ4v) is 8.61. The molecule has 10 nitrogen and oxygen atoms in total. The summed E-state index contributed by atoms with van der Waals surface area (Å²) < 4.78 is 33.6. The van der Waals surface area contributed by atoms with E-state index in [1.54, 1.807) is 31.2 Å². The number of aliphatic hydroxyl groups excluding tert-OH is 1. The minimum Gasteiger partial charge on any atom is -0.433 e. The number of aliphatic hydroxyl groups is 1. The average molecular weight is 626 g/mol. The highest BCUT2D eigenvalue weighted by Crippen LogP contribution is 2.68. The molecule has 1 heterocycles. The Hall–Kier alpha value is -2.21. The van der Waals surface area contributed by atoms with Gasteiger partial charge in [-0.15, -0.1) is 0 Å². The van der Waals surface area contributed by atoms with Crippen LogP contribution in [0.15, 0.2) is 42.6 Å². The van der Waals surface area contributed by atoms with E-state index in [0.717, 1.165) is 36.4 Å². The lowest BCUT2D eigenvalue weighted by Gasteiger charge is -2.32. The van der Waals surface area contributed by atoms with Crippen LogP contribution in [0.4, 0.5) is 9.18 Å². The standard InChI is InChI=1S/C29H41FN3O7PS/c1-19(34)16-17-33(27(31)37)29-26(28(29,3)30)25(36)24(39-29)18-38-41(42,40-22-12-8-5-9-13-22)32-20(2)23(35)15-14-21-10-6-4-7-11-21/h5,8-9,12-13,16-17,20-21,24-26,36H,4,6-7,10-11,14-15,18H2,1-3H3,(H2,31,37)(H,32,42)/b17-16-/t20?,24-,25?,26-,28?,29-,41?/m1/s1. The Balaban J connectivity index is 1.46. The number of nitrogens with one attached hydrogen (secondary N) is 1. The monoisotopic (exact) mass is 625 g/mol. The third kappa shape index (κ3) is 6.95. The van der Waals surface area contributed by atoms with Crippen molar-refractivity contribution < 1.29 is 37.7 Å². The van der Waals surface area contributed by atoms with E-state index in [1.807, 2.05) is 6.07 Å². The molecule has 2 amide bonds. The highest BCUT2D eigenvalue weighted by Gasteiger charge is 2.88. The summed E-state index contributed by atoms with van der Waals surface area (Å²) in [6, 6.07) is 7.05. The van der Waals surface area contributed by atoms with Crippen LogP contribution >= 0.6 is 6.64 Å². The topological polar surface area (TPSA) is 140 Å². The quantitative estimate of drug-likeness (QED) is 0.201. The van der Waals surface area contributed by atoms with Crippen LogP contribution in [0.5, 0.6) is 5.75 Å². The molecule has 2 aliphatic carbocycles. The molecule has 4 unspecified atom stereocenters. The number of nitrogens with two attached hydrogens (primary N) is 1. The van der Waals surface area contributed by atoms with Crippen molar-refractivity contribution in [2.24, 2.45) is 17.6 Å². The van der Waals surface area contributed by atoms with Gasteiger partial charge in [0.1, 0.15) is 17.6 Å². The molecule has 0 radical (unpaired) electrons. The van der Waals surface area contributed by atoms with E-state index in [-0.39, 0.29) is 18.2 Å². The number of para-hydroxylation sites is 1. The molecule has 7 atom stereocenters. The number of allylic oxidation sites excluding steroid dienone is 1. The molecule has 4 rings (SSSR count). The number of amides is 2. The van der Waals surface area contributed by atoms with Crippen molar-refractivity contribution in [1.29, 1.82) is 0 Å². The SMILES string of the molecule is CC(=O)/C=C\N(C(N)=O)[C@@]12O[C@H](COP(=S)(NC(C)C(=O)CCC3CCCCC3)Oc3ccccc3)C(O)[C@@H]1C2(C)F. The Morgan fingerprint density at radius 2 is 1.95 bits per heavy atom. The minimum absolute atomic E-state index is 0.00466. The van der Waals surface area contributed by atoms with Crippen LogP contribution in [0, 0.1) is 11.8 Å². The summed E-state index contributed by atoms with van der Waals surface area (Å²) in [4.78, 5) is 37.6. The maximum atomic E-state index is 15.6. The van der Waals surface area contributed by atoms with E-state index in [0.29, 0.717) is 18.1 Å². The zero-order valence-corrected chi connectivity index (χ0v) is 26.0. The van der Waals surface area contributed by atoms with Gasteiger partial charge in [-0.05, 0) is 63.1 Å². The first-order valence-corrected chi connectivity index (χ1v) is 17.1. The van der Waals surface area contributed by atoms with Gasteiger partial charge in [0.25, 0.3) is 0 Å². The summed E-state index contributed by atoms with van der Waals surface area (Å²) in [7, 11) is 0. The first-order valence-electron chi connectivity index (χ1n) is 14.4. The summed E-state index contributed by atoms with van der Waals surface area (Å²) >= 11 is 5.80. The van der Waals surface area contributed by atoms with Crippen molar-refractivity contribution in [3.63, 3.8) is 0 Å². The molecule has 0 spiro atoms. The van der Waals surface area contributed by atoms with Crippen LogP contribution in [0.25, 0.3) is 0 Å². The Bertz CT molecular complexity index is 1230. The first kappa shape index (κ1) is 32.7. The number of rotatable bonds is 14. The Morgan fingerprint density at radius 3 is 2.57 bits per heavy atom. The zero-order valence-electron chi connectivity index (χ0n) is 24.2. The predicted octanol–water partition coefficient (Wildman–Crippen LogP) is 4.51. The number of benzene rings is 1. The van der Waals surface area contributed by atoms with Gasteiger partial charge in [0, 0.05) is 12.6 Å². The van der Waals surface area contributed by atoms with E-state index >= 15 is 4.39 Å². The molecule has 1 aliphatic heterocycles. The van der Waals surface area contributed by atoms with Crippen LogP contribution in [-0.4, -0.2) is 63.9 Å². The maximum absolute atomic E-state index is 15.6. The predicted molar refractivity (Wildman–Crippen MR) is 159 cm³/mol. The molecular weight excluding hydrogens is 584 g/mol. The normalized spacial score (nSPS) is 31.2. The van der Waals surface area contributed by atoms with Gasteiger partial charge in [0.15, 0.2) is 17.2 Å². The lowest BCUT2D eigenvalue weighted by atomic mass is 9.85. The minimum atomic E-state index is -3.40. The molecule has 3 fully saturated rings. The molecule has 2 saturated carbocycles. The van der Waals surface area contributed by atoms with Crippen molar-refractivity contribution in [3.05, 3.63) is 42.6 Å². The summed E-state index contributed by atoms with van der Waals surface area (Å²) in [5.74, 6) is -0.561.